The second-order valence-electron chi connectivity index (χ2n) is 3.84. The van der Waals surface area contributed by atoms with Crippen LogP contribution in [0.15, 0.2) is 24.9 Å². The molecule has 1 aliphatic rings. The average Bonchev–Trinajstić information content (AvgIpc) is 2.62. The van der Waals surface area contributed by atoms with Crippen LogP contribution in [0.4, 0.5) is 0 Å². The van der Waals surface area contributed by atoms with Crippen LogP contribution in [0.25, 0.3) is 0 Å². The standard InChI is InChI=1S/C12H15NO/c1-3-9(2)13-8-7-10-11(13)5-4-6-12(10)14/h3,7-9H,1,4-6H2,2H3. The van der Waals surface area contributed by atoms with Crippen LogP contribution in [-0.4, -0.2) is 10.4 Å². The number of hydrogen-bond donors (Lipinski definition) is 0. The Bertz CT molecular complexity index is 376. The summed E-state index contributed by atoms with van der Waals surface area (Å²) in [5.41, 5.74) is 2.11. The van der Waals surface area contributed by atoms with Crippen LogP contribution in [0, 0.1) is 0 Å². The van der Waals surface area contributed by atoms with E-state index in [0.717, 1.165) is 18.4 Å². The van der Waals surface area contributed by atoms with Gasteiger partial charge in [-0.1, -0.05) is 6.08 Å². The number of nitrogens with zero attached hydrogens (tertiary/aromatic N) is 1. The van der Waals surface area contributed by atoms with Crippen molar-refractivity contribution < 1.29 is 4.79 Å². The second kappa shape index (κ2) is 3.45. The van der Waals surface area contributed by atoms with E-state index in [1.54, 1.807) is 0 Å². The van der Waals surface area contributed by atoms with Gasteiger partial charge >= 0.3 is 0 Å². The monoisotopic (exact) mass is 189 g/mol. The molecule has 1 aliphatic carbocycles. The van der Waals surface area contributed by atoms with E-state index in [4.69, 9.17) is 0 Å². The van der Waals surface area contributed by atoms with E-state index in [-0.39, 0.29) is 6.04 Å². The van der Waals surface area contributed by atoms with E-state index in [9.17, 15) is 4.79 Å². The van der Waals surface area contributed by atoms with Crippen molar-refractivity contribution in [1.82, 2.24) is 4.57 Å². The van der Waals surface area contributed by atoms with Gasteiger partial charge in [-0.2, -0.15) is 0 Å². The minimum absolute atomic E-state index is 0.282. The van der Waals surface area contributed by atoms with Gasteiger partial charge < -0.3 is 4.57 Å². The molecule has 0 saturated carbocycles. The minimum Gasteiger partial charge on any atom is -0.344 e. The molecule has 0 fully saturated rings. The number of aromatic nitrogens is 1. The topological polar surface area (TPSA) is 22.0 Å². The SMILES string of the molecule is C=CC(C)n1ccc2c1CCCC2=O. The number of rotatable bonds is 2. The zero-order chi connectivity index (χ0) is 10.1. The lowest BCUT2D eigenvalue weighted by molar-refractivity contribution is 0.0971. The predicted molar refractivity (Wildman–Crippen MR) is 56.6 cm³/mol. The summed E-state index contributed by atoms with van der Waals surface area (Å²) >= 11 is 0. The van der Waals surface area contributed by atoms with Crippen molar-refractivity contribution in [3.63, 3.8) is 0 Å². The first-order valence-corrected chi connectivity index (χ1v) is 5.09. The third-order valence-corrected chi connectivity index (χ3v) is 2.92. The molecule has 2 heteroatoms. The summed E-state index contributed by atoms with van der Waals surface area (Å²) in [6.07, 6.45) is 6.62. The number of hydrogen-bond acceptors (Lipinski definition) is 1. The fraction of sp³-hybridized carbons (Fsp3) is 0.417. The molecule has 0 N–H and O–H groups in total. The summed E-state index contributed by atoms with van der Waals surface area (Å²) in [5.74, 6) is 0.293. The zero-order valence-corrected chi connectivity index (χ0v) is 8.49. The molecular weight excluding hydrogens is 174 g/mol. The van der Waals surface area contributed by atoms with Crippen LogP contribution in [0.5, 0.6) is 0 Å². The molecule has 0 aliphatic heterocycles. The molecule has 0 amide bonds. The van der Waals surface area contributed by atoms with Crippen LogP contribution in [0.1, 0.15) is 41.9 Å². The fourth-order valence-corrected chi connectivity index (χ4v) is 2.04. The summed E-state index contributed by atoms with van der Waals surface area (Å²) in [5, 5.41) is 0. The first-order chi connectivity index (χ1) is 6.74. The lowest BCUT2D eigenvalue weighted by atomic mass is 9.96. The van der Waals surface area contributed by atoms with Gasteiger partial charge in [0.25, 0.3) is 0 Å². The summed E-state index contributed by atoms with van der Waals surface area (Å²) in [6, 6.07) is 2.22. The highest BCUT2D eigenvalue weighted by molar-refractivity contribution is 5.98. The highest BCUT2D eigenvalue weighted by atomic mass is 16.1. The van der Waals surface area contributed by atoms with Crippen molar-refractivity contribution in [2.24, 2.45) is 0 Å². The summed E-state index contributed by atoms with van der Waals surface area (Å²) in [7, 11) is 0. The Morgan fingerprint density at radius 3 is 3.07 bits per heavy atom. The molecule has 0 radical (unpaired) electrons. The van der Waals surface area contributed by atoms with Crippen molar-refractivity contribution in [1.29, 1.82) is 0 Å². The molecule has 2 rings (SSSR count). The molecule has 1 aromatic rings. The van der Waals surface area contributed by atoms with Gasteiger partial charge in [0.2, 0.25) is 0 Å². The number of Topliss-reactive ketones (excluding diaryl/α,β-unsaturated/α-hetero) is 1. The van der Waals surface area contributed by atoms with Crippen molar-refractivity contribution in [2.45, 2.75) is 32.2 Å². The Morgan fingerprint density at radius 1 is 1.57 bits per heavy atom. The smallest absolute Gasteiger partial charge is 0.164 e. The average molecular weight is 189 g/mol. The van der Waals surface area contributed by atoms with Gasteiger partial charge in [-0.25, -0.2) is 0 Å². The van der Waals surface area contributed by atoms with E-state index >= 15 is 0 Å². The van der Waals surface area contributed by atoms with Crippen LogP contribution >= 0.6 is 0 Å². The van der Waals surface area contributed by atoms with Gasteiger partial charge in [-0.05, 0) is 25.8 Å². The van der Waals surface area contributed by atoms with Gasteiger partial charge in [0, 0.05) is 29.9 Å². The van der Waals surface area contributed by atoms with Gasteiger partial charge in [-0.3, -0.25) is 4.79 Å². The Kier molecular flexibility index (Phi) is 2.28. The van der Waals surface area contributed by atoms with E-state index in [2.05, 4.69) is 18.1 Å². The van der Waals surface area contributed by atoms with E-state index in [1.807, 2.05) is 18.3 Å². The Labute approximate surface area is 84.2 Å². The molecule has 0 saturated heterocycles. The second-order valence-corrected chi connectivity index (χ2v) is 3.84. The highest BCUT2D eigenvalue weighted by Crippen LogP contribution is 2.25. The van der Waals surface area contributed by atoms with Crippen LogP contribution in [-0.2, 0) is 6.42 Å². The number of carbonyl (C=O) groups excluding carboxylic acids is 1. The van der Waals surface area contributed by atoms with Crippen molar-refractivity contribution in [2.75, 3.05) is 0 Å². The molecular formula is C12H15NO. The quantitative estimate of drug-likeness (QED) is 0.656. The predicted octanol–water partition coefficient (Wildman–Crippen LogP) is 2.75. The maximum atomic E-state index is 11.6. The van der Waals surface area contributed by atoms with Crippen molar-refractivity contribution in [3.05, 3.63) is 36.2 Å². The number of allylic oxidation sites excluding steroid dienone is 1. The first kappa shape index (κ1) is 9.25. The maximum absolute atomic E-state index is 11.6. The first-order valence-electron chi connectivity index (χ1n) is 5.09. The minimum atomic E-state index is 0.282. The van der Waals surface area contributed by atoms with Crippen LogP contribution in [0.2, 0.25) is 0 Å². The highest BCUT2D eigenvalue weighted by Gasteiger charge is 2.21. The molecule has 0 aromatic carbocycles. The summed E-state index contributed by atoms with van der Waals surface area (Å²) in [4.78, 5) is 11.6. The molecule has 1 heterocycles. The zero-order valence-electron chi connectivity index (χ0n) is 8.49. The van der Waals surface area contributed by atoms with Crippen molar-refractivity contribution in [3.8, 4) is 0 Å². The molecule has 0 bridgehead atoms. The van der Waals surface area contributed by atoms with Crippen LogP contribution in [0.3, 0.4) is 0 Å². The van der Waals surface area contributed by atoms with E-state index < -0.39 is 0 Å². The number of ketones is 1. The van der Waals surface area contributed by atoms with E-state index in [0.29, 0.717) is 12.2 Å². The van der Waals surface area contributed by atoms with Crippen molar-refractivity contribution >= 4 is 5.78 Å². The number of carbonyl (C=O) groups is 1. The number of fused-ring (bicyclic) bond motifs is 1. The Balaban J connectivity index is 2.45. The largest absolute Gasteiger partial charge is 0.344 e. The Morgan fingerprint density at radius 2 is 2.36 bits per heavy atom. The molecule has 1 aromatic heterocycles. The van der Waals surface area contributed by atoms with E-state index in [1.165, 1.54) is 5.69 Å². The maximum Gasteiger partial charge on any atom is 0.164 e. The summed E-state index contributed by atoms with van der Waals surface area (Å²) in [6.45, 7) is 5.87. The van der Waals surface area contributed by atoms with Gasteiger partial charge in [0.1, 0.15) is 0 Å². The van der Waals surface area contributed by atoms with Gasteiger partial charge in [-0.15, -0.1) is 6.58 Å². The fourth-order valence-electron chi connectivity index (χ4n) is 2.04. The normalized spacial score (nSPS) is 17.6. The molecule has 0 spiro atoms. The van der Waals surface area contributed by atoms with Crippen LogP contribution < -0.4 is 0 Å². The van der Waals surface area contributed by atoms with Gasteiger partial charge in [0.05, 0.1) is 0 Å². The lowest BCUT2D eigenvalue weighted by Gasteiger charge is -2.17. The molecule has 14 heavy (non-hydrogen) atoms. The Hall–Kier alpha value is -1.31. The molecule has 1 unspecified atom stereocenters. The lowest BCUT2D eigenvalue weighted by Crippen LogP contribution is -2.14. The molecule has 1 atom stereocenters. The molecule has 74 valence electrons. The molecule has 2 nitrogen and oxygen atoms in total. The third-order valence-electron chi connectivity index (χ3n) is 2.92. The summed E-state index contributed by atoms with van der Waals surface area (Å²) < 4.78 is 2.15. The van der Waals surface area contributed by atoms with Gasteiger partial charge in [0.15, 0.2) is 5.78 Å². The third kappa shape index (κ3) is 1.31.